The van der Waals surface area contributed by atoms with Gasteiger partial charge in [0.15, 0.2) is 5.82 Å². The van der Waals surface area contributed by atoms with Gasteiger partial charge in [0, 0.05) is 16.0 Å². The maximum Gasteiger partial charge on any atom is 0.231 e. The van der Waals surface area contributed by atoms with Gasteiger partial charge >= 0.3 is 0 Å². The van der Waals surface area contributed by atoms with E-state index in [1.165, 1.54) is 0 Å². The molecule has 0 aliphatic rings. The van der Waals surface area contributed by atoms with E-state index < -0.39 is 0 Å². The Labute approximate surface area is 128 Å². The molecule has 2 N–H and O–H groups in total. The van der Waals surface area contributed by atoms with Crippen LogP contribution < -0.4 is 5.73 Å². The van der Waals surface area contributed by atoms with E-state index in [2.05, 4.69) is 17.1 Å². The van der Waals surface area contributed by atoms with Crippen molar-refractivity contribution in [1.82, 2.24) is 10.1 Å². The van der Waals surface area contributed by atoms with Crippen LogP contribution in [0.25, 0.3) is 0 Å². The average molecular weight is 312 g/mol. The zero-order valence-electron chi connectivity index (χ0n) is 11.5. The molecule has 2 unspecified atom stereocenters. The van der Waals surface area contributed by atoms with Crippen LogP contribution in [0.1, 0.15) is 37.9 Å². The van der Waals surface area contributed by atoms with Crippen LogP contribution in [0.4, 0.5) is 0 Å². The summed E-state index contributed by atoms with van der Waals surface area (Å²) in [6.45, 7) is 4.03. The third-order valence-corrected chi connectivity index (χ3v) is 4.32. The van der Waals surface area contributed by atoms with Crippen molar-refractivity contribution in [2.45, 2.75) is 42.9 Å². The lowest BCUT2D eigenvalue weighted by Crippen LogP contribution is -2.24. The second-order valence-electron chi connectivity index (χ2n) is 4.67. The Morgan fingerprint density at radius 2 is 2.05 bits per heavy atom. The van der Waals surface area contributed by atoms with Crippen molar-refractivity contribution in [3.05, 3.63) is 41.0 Å². The normalized spacial score (nSPS) is 14.2. The maximum absolute atomic E-state index is 5.92. The number of aromatic nitrogens is 2. The van der Waals surface area contributed by atoms with E-state index in [1.807, 2.05) is 31.2 Å². The van der Waals surface area contributed by atoms with E-state index in [4.69, 9.17) is 21.9 Å². The van der Waals surface area contributed by atoms with Crippen LogP contribution in [0, 0.1) is 0 Å². The molecule has 0 amide bonds. The Bertz CT molecular complexity index is 542. The highest BCUT2D eigenvalue weighted by Crippen LogP contribution is 2.25. The minimum absolute atomic E-state index is 0.0113. The van der Waals surface area contributed by atoms with Crippen LogP contribution >= 0.6 is 23.4 Å². The fourth-order valence-corrected chi connectivity index (χ4v) is 2.79. The van der Waals surface area contributed by atoms with Gasteiger partial charge in [-0.3, -0.25) is 0 Å². The van der Waals surface area contributed by atoms with Crippen molar-refractivity contribution in [3.63, 3.8) is 0 Å². The lowest BCUT2D eigenvalue weighted by molar-refractivity contribution is 0.331. The standard InChI is InChI=1S/C14H18ClN3OS/c1-3-12(9(2)16)14-17-13(18-19-14)8-20-11-6-4-10(15)5-7-11/h4-7,9,12H,3,8,16H2,1-2H3. The average Bonchev–Trinajstić information content (AvgIpc) is 2.87. The number of benzene rings is 1. The van der Waals surface area contributed by atoms with Crippen molar-refractivity contribution in [2.75, 3.05) is 0 Å². The lowest BCUT2D eigenvalue weighted by Gasteiger charge is -2.13. The molecule has 2 rings (SSSR count). The van der Waals surface area contributed by atoms with E-state index in [0.717, 1.165) is 16.3 Å². The monoisotopic (exact) mass is 311 g/mol. The zero-order valence-corrected chi connectivity index (χ0v) is 13.1. The summed E-state index contributed by atoms with van der Waals surface area (Å²) in [6.07, 6.45) is 0.892. The third-order valence-electron chi connectivity index (χ3n) is 3.06. The van der Waals surface area contributed by atoms with E-state index in [9.17, 15) is 0 Å². The summed E-state index contributed by atoms with van der Waals surface area (Å²) in [4.78, 5) is 5.56. The Morgan fingerprint density at radius 1 is 1.35 bits per heavy atom. The molecular weight excluding hydrogens is 294 g/mol. The Balaban J connectivity index is 1.97. The predicted molar refractivity (Wildman–Crippen MR) is 82.0 cm³/mol. The molecule has 0 bridgehead atoms. The third kappa shape index (κ3) is 3.98. The molecule has 0 saturated heterocycles. The topological polar surface area (TPSA) is 64.9 Å². The number of rotatable bonds is 6. The van der Waals surface area contributed by atoms with Crippen LogP contribution in [-0.4, -0.2) is 16.2 Å². The molecule has 6 heteroatoms. The SMILES string of the molecule is CCC(c1nc(CSc2ccc(Cl)cc2)no1)C(C)N. The number of hydrogen-bond acceptors (Lipinski definition) is 5. The smallest absolute Gasteiger partial charge is 0.231 e. The van der Waals surface area contributed by atoms with Gasteiger partial charge in [0.25, 0.3) is 0 Å². The summed E-state index contributed by atoms with van der Waals surface area (Å²) < 4.78 is 5.31. The summed E-state index contributed by atoms with van der Waals surface area (Å²) in [5.41, 5.74) is 5.92. The summed E-state index contributed by atoms with van der Waals surface area (Å²) in [6, 6.07) is 7.70. The first-order valence-corrected chi connectivity index (χ1v) is 7.93. The highest BCUT2D eigenvalue weighted by atomic mass is 35.5. The quantitative estimate of drug-likeness (QED) is 0.821. The summed E-state index contributed by atoms with van der Waals surface area (Å²) in [5, 5.41) is 4.75. The molecule has 108 valence electrons. The van der Waals surface area contributed by atoms with E-state index in [1.54, 1.807) is 11.8 Å². The van der Waals surface area contributed by atoms with Gasteiger partial charge in [0.05, 0.1) is 11.7 Å². The van der Waals surface area contributed by atoms with Gasteiger partial charge in [-0.1, -0.05) is 23.7 Å². The molecule has 0 radical (unpaired) electrons. The van der Waals surface area contributed by atoms with Gasteiger partial charge in [0.1, 0.15) is 0 Å². The van der Waals surface area contributed by atoms with Crippen LogP contribution in [0.5, 0.6) is 0 Å². The first-order chi connectivity index (χ1) is 9.60. The lowest BCUT2D eigenvalue weighted by atomic mass is 9.99. The first kappa shape index (κ1) is 15.4. The minimum atomic E-state index is 0.0113. The largest absolute Gasteiger partial charge is 0.339 e. The molecule has 1 heterocycles. The molecule has 0 saturated carbocycles. The number of hydrogen-bond donors (Lipinski definition) is 1. The van der Waals surface area contributed by atoms with Gasteiger partial charge in [-0.25, -0.2) is 0 Å². The summed E-state index contributed by atoms with van der Waals surface area (Å²) in [5.74, 6) is 2.12. The van der Waals surface area contributed by atoms with E-state index >= 15 is 0 Å². The van der Waals surface area contributed by atoms with Gasteiger partial charge in [0.2, 0.25) is 5.89 Å². The zero-order chi connectivity index (χ0) is 14.5. The van der Waals surface area contributed by atoms with Crippen molar-refractivity contribution < 1.29 is 4.52 Å². The molecule has 4 nitrogen and oxygen atoms in total. The molecule has 0 aliphatic heterocycles. The van der Waals surface area contributed by atoms with Crippen LogP contribution in [0.15, 0.2) is 33.7 Å². The first-order valence-electron chi connectivity index (χ1n) is 6.56. The highest BCUT2D eigenvalue weighted by molar-refractivity contribution is 7.98. The van der Waals surface area contributed by atoms with Gasteiger partial charge in [-0.15, -0.1) is 11.8 Å². The number of nitrogens with two attached hydrogens (primary N) is 1. The second-order valence-corrected chi connectivity index (χ2v) is 6.15. The highest BCUT2D eigenvalue weighted by Gasteiger charge is 2.20. The fraction of sp³-hybridized carbons (Fsp3) is 0.429. The van der Waals surface area contributed by atoms with Crippen LogP contribution in [0.2, 0.25) is 5.02 Å². The molecule has 0 fully saturated rings. The van der Waals surface area contributed by atoms with Gasteiger partial charge in [-0.05, 0) is 37.6 Å². The number of halogens is 1. The molecular formula is C14H18ClN3OS. The molecule has 0 spiro atoms. The number of nitrogens with zero attached hydrogens (tertiary/aromatic N) is 2. The summed E-state index contributed by atoms with van der Waals surface area (Å²) >= 11 is 7.50. The van der Waals surface area contributed by atoms with Crippen molar-refractivity contribution >= 4 is 23.4 Å². The Hall–Kier alpha value is -1.04. The second kappa shape index (κ2) is 7.11. The summed E-state index contributed by atoms with van der Waals surface area (Å²) in [7, 11) is 0. The van der Waals surface area contributed by atoms with Crippen molar-refractivity contribution in [3.8, 4) is 0 Å². The fourth-order valence-electron chi connectivity index (χ4n) is 1.93. The molecule has 1 aromatic carbocycles. The van der Waals surface area contributed by atoms with Crippen LogP contribution in [-0.2, 0) is 5.75 Å². The van der Waals surface area contributed by atoms with Gasteiger partial charge in [-0.2, -0.15) is 4.98 Å². The Kier molecular flexibility index (Phi) is 5.46. The minimum Gasteiger partial charge on any atom is -0.339 e. The van der Waals surface area contributed by atoms with Gasteiger partial charge < -0.3 is 10.3 Å². The van der Waals surface area contributed by atoms with Crippen LogP contribution in [0.3, 0.4) is 0 Å². The number of thioether (sulfide) groups is 1. The van der Waals surface area contributed by atoms with Crippen molar-refractivity contribution in [1.29, 1.82) is 0 Å². The molecule has 0 aliphatic carbocycles. The molecule has 1 aromatic heterocycles. The Morgan fingerprint density at radius 3 is 2.65 bits per heavy atom. The van der Waals surface area contributed by atoms with E-state index in [0.29, 0.717) is 17.5 Å². The predicted octanol–water partition coefficient (Wildman–Crippen LogP) is 3.86. The maximum atomic E-state index is 5.92. The molecule has 2 atom stereocenters. The van der Waals surface area contributed by atoms with E-state index in [-0.39, 0.29) is 12.0 Å². The van der Waals surface area contributed by atoms with Crippen molar-refractivity contribution in [2.24, 2.45) is 5.73 Å². The molecule has 2 aromatic rings. The molecule has 20 heavy (non-hydrogen) atoms.